The molecular formula is C14H18FNO3. The van der Waals surface area contributed by atoms with Crippen LogP contribution in [-0.4, -0.2) is 17.0 Å². The molecule has 1 amide bonds. The molecule has 0 aromatic heterocycles. The second-order valence-corrected chi connectivity index (χ2v) is 5.58. The molecule has 19 heavy (non-hydrogen) atoms. The molecule has 0 heterocycles. The summed E-state index contributed by atoms with van der Waals surface area (Å²) in [5, 5.41) is 11.3. The monoisotopic (exact) mass is 267 g/mol. The maximum atomic E-state index is 13.5. The zero-order valence-corrected chi connectivity index (χ0v) is 11.5. The van der Waals surface area contributed by atoms with Crippen molar-refractivity contribution in [3.63, 3.8) is 0 Å². The third-order valence-corrected chi connectivity index (χ3v) is 3.16. The van der Waals surface area contributed by atoms with Gasteiger partial charge in [0.2, 0.25) is 5.91 Å². The molecule has 0 aliphatic heterocycles. The third-order valence-electron chi connectivity index (χ3n) is 3.16. The molecule has 2 N–H and O–H groups in total. The van der Waals surface area contributed by atoms with Gasteiger partial charge in [-0.25, -0.2) is 9.18 Å². The summed E-state index contributed by atoms with van der Waals surface area (Å²) in [5.74, 6) is -2.49. The van der Waals surface area contributed by atoms with Crippen LogP contribution in [0.4, 0.5) is 10.1 Å². The second kappa shape index (κ2) is 5.38. The lowest BCUT2D eigenvalue weighted by molar-refractivity contribution is -0.122. The quantitative estimate of drug-likeness (QED) is 0.884. The van der Waals surface area contributed by atoms with Crippen LogP contribution in [0.3, 0.4) is 0 Å². The number of hydrogen-bond acceptors (Lipinski definition) is 2. The first kappa shape index (κ1) is 15.1. The Morgan fingerprint density at radius 3 is 2.37 bits per heavy atom. The van der Waals surface area contributed by atoms with Crippen LogP contribution in [0.15, 0.2) is 18.2 Å². The first-order valence-corrected chi connectivity index (χ1v) is 5.96. The highest BCUT2D eigenvalue weighted by atomic mass is 19.1. The molecule has 0 spiro atoms. The molecule has 1 rings (SSSR count). The van der Waals surface area contributed by atoms with Crippen molar-refractivity contribution < 1.29 is 19.1 Å². The van der Waals surface area contributed by atoms with E-state index in [0.29, 0.717) is 0 Å². The normalized spacial score (nSPS) is 12.9. The maximum absolute atomic E-state index is 13.5. The minimum absolute atomic E-state index is 0.0693. The first-order chi connectivity index (χ1) is 8.62. The van der Waals surface area contributed by atoms with E-state index in [2.05, 4.69) is 5.32 Å². The molecule has 0 bridgehead atoms. The Labute approximate surface area is 111 Å². The van der Waals surface area contributed by atoms with E-state index in [4.69, 9.17) is 5.11 Å². The molecule has 1 atom stereocenters. The minimum atomic E-state index is -1.17. The Morgan fingerprint density at radius 1 is 1.32 bits per heavy atom. The fraction of sp³-hybridized carbons (Fsp3) is 0.429. The van der Waals surface area contributed by atoms with Crippen molar-refractivity contribution >= 4 is 17.6 Å². The lowest BCUT2D eigenvalue weighted by Crippen LogP contribution is -2.31. The third kappa shape index (κ3) is 3.77. The van der Waals surface area contributed by atoms with Crippen LogP contribution < -0.4 is 5.32 Å². The molecule has 1 aromatic carbocycles. The van der Waals surface area contributed by atoms with Gasteiger partial charge in [0.25, 0.3) is 0 Å². The van der Waals surface area contributed by atoms with Crippen LogP contribution in [0.25, 0.3) is 0 Å². The van der Waals surface area contributed by atoms with Crippen molar-refractivity contribution in [1.82, 2.24) is 0 Å². The van der Waals surface area contributed by atoms with Crippen LogP contribution in [0, 0.1) is 17.2 Å². The van der Waals surface area contributed by atoms with Gasteiger partial charge in [-0.05, 0) is 23.6 Å². The Bertz CT molecular complexity index is 506. The number of carboxylic acid groups (broad SMARTS) is 1. The van der Waals surface area contributed by atoms with Crippen molar-refractivity contribution in [3.8, 4) is 0 Å². The number of anilines is 1. The van der Waals surface area contributed by atoms with Crippen LogP contribution in [-0.2, 0) is 4.79 Å². The van der Waals surface area contributed by atoms with E-state index in [9.17, 15) is 14.0 Å². The predicted molar refractivity (Wildman–Crippen MR) is 70.6 cm³/mol. The zero-order chi connectivity index (χ0) is 14.8. The number of benzene rings is 1. The summed E-state index contributed by atoms with van der Waals surface area (Å²) in [4.78, 5) is 22.8. The summed E-state index contributed by atoms with van der Waals surface area (Å²) < 4.78 is 13.5. The number of aromatic carboxylic acids is 1. The predicted octanol–water partition coefficient (Wildman–Crippen LogP) is 3.14. The number of nitrogens with one attached hydrogen (secondary N) is 1. The van der Waals surface area contributed by atoms with E-state index < -0.39 is 11.8 Å². The molecular weight excluding hydrogens is 249 g/mol. The van der Waals surface area contributed by atoms with Crippen molar-refractivity contribution in [2.45, 2.75) is 27.7 Å². The van der Waals surface area contributed by atoms with Crippen molar-refractivity contribution in [1.29, 1.82) is 0 Å². The Balaban J connectivity index is 2.96. The van der Waals surface area contributed by atoms with Crippen LogP contribution in [0.5, 0.6) is 0 Å². The van der Waals surface area contributed by atoms with Gasteiger partial charge < -0.3 is 10.4 Å². The summed E-state index contributed by atoms with van der Waals surface area (Å²) in [6.07, 6.45) is 0. The Morgan fingerprint density at radius 2 is 1.89 bits per heavy atom. The van der Waals surface area contributed by atoms with E-state index in [1.165, 1.54) is 0 Å². The van der Waals surface area contributed by atoms with Gasteiger partial charge in [0.15, 0.2) is 0 Å². The summed E-state index contributed by atoms with van der Waals surface area (Å²) in [7, 11) is 0. The molecule has 0 aliphatic rings. The molecule has 1 unspecified atom stereocenters. The highest BCUT2D eigenvalue weighted by Gasteiger charge is 2.27. The largest absolute Gasteiger partial charge is 0.478 e. The molecule has 5 heteroatoms. The minimum Gasteiger partial charge on any atom is -0.478 e. The van der Waals surface area contributed by atoms with Gasteiger partial charge in [-0.1, -0.05) is 27.7 Å². The molecule has 0 saturated heterocycles. The van der Waals surface area contributed by atoms with E-state index in [-0.39, 0.29) is 28.5 Å². The topological polar surface area (TPSA) is 66.4 Å². The smallest absolute Gasteiger partial charge is 0.335 e. The van der Waals surface area contributed by atoms with Gasteiger partial charge in [0.05, 0.1) is 11.3 Å². The number of amides is 1. The average molecular weight is 267 g/mol. The van der Waals surface area contributed by atoms with Crippen molar-refractivity contribution in [2.75, 3.05) is 5.32 Å². The van der Waals surface area contributed by atoms with Gasteiger partial charge in [0.1, 0.15) is 5.82 Å². The number of rotatable bonds is 3. The summed E-state index contributed by atoms with van der Waals surface area (Å²) in [6.45, 7) is 7.46. The van der Waals surface area contributed by atoms with Crippen LogP contribution in [0.2, 0.25) is 0 Å². The summed E-state index contributed by atoms with van der Waals surface area (Å²) >= 11 is 0. The number of carbonyl (C=O) groups is 2. The fourth-order valence-corrected chi connectivity index (χ4v) is 1.39. The Hall–Kier alpha value is -1.91. The highest BCUT2D eigenvalue weighted by molar-refractivity contribution is 5.95. The van der Waals surface area contributed by atoms with Crippen LogP contribution >= 0.6 is 0 Å². The molecule has 0 aliphatic carbocycles. The number of halogens is 1. The van der Waals surface area contributed by atoms with Crippen LogP contribution in [0.1, 0.15) is 38.1 Å². The average Bonchev–Trinajstić information content (AvgIpc) is 2.29. The molecule has 104 valence electrons. The highest BCUT2D eigenvalue weighted by Crippen LogP contribution is 2.27. The zero-order valence-electron chi connectivity index (χ0n) is 11.5. The maximum Gasteiger partial charge on any atom is 0.335 e. The molecule has 0 saturated carbocycles. The van der Waals surface area contributed by atoms with E-state index in [1.807, 2.05) is 20.8 Å². The Kier molecular flexibility index (Phi) is 4.29. The van der Waals surface area contributed by atoms with E-state index in [1.54, 1.807) is 6.92 Å². The summed E-state index contributed by atoms with van der Waals surface area (Å²) in [6, 6.07) is 3.30. The SMILES string of the molecule is CC(C(=O)Nc1cc(C(=O)O)ccc1F)C(C)(C)C. The van der Waals surface area contributed by atoms with E-state index >= 15 is 0 Å². The van der Waals surface area contributed by atoms with Gasteiger partial charge in [0, 0.05) is 5.92 Å². The van der Waals surface area contributed by atoms with Crippen molar-refractivity contribution in [2.24, 2.45) is 11.3 Å². The lowest BCUT2D eigenvalue weighted by atomic mass is 9.81. The van der Waals surface area contributed by atoms with Gasteiger partial charge >= 0.3 is 5.97 Å². The van der Waals surface area contributed by atoms with Gasteiger partial charge in [-0.15, -0.1) is 0 Å². The first-order valence-electron chi connectivity index (χ1n) is 5.96. The van der Waals surface area contributed by atoms with Gasteiger partial charge in [-0.3, -0.25) is 4.79 Å². The number of carboxylic acids is 1. The number of carbonyl (C=O) groups excluding carboxylic acids is 1. The summed E-state index contributed by atoms with van der Waals surface area (Å²) in [5.41, 5.74) is -0.438. The molecule has 0 radical (unpaired) electrons. The molecule has 1 aromatic rings. The lowest BCUT2D eigenvalue weighted by Gasteiger charge is -2.26. The van der Waals surface area contributed by atoms with E-state index in [0.717, 1.165) is 18.2 Å². The molecule has 4 nitrogen and oxygen atoms in total. The number of hydrogen-bond donors (Lipinski definition) is 2. The molecule has 0 fully saturated rings. The van der Waals surface area contributed by atoms with Gasteiger partial charge in [-0.2, -0.15) is 0 Å². The standard InChI is InChI=1S/C14H18FNO3/c1-8(14(2,3)4)12(17)16-11-7-9(13(18)19)5-6-10(11)15/h5-8H,1-4H3,(H,16,17)(H,18,19). The van der Waals surface area contributed by atoms with Crippen molar-refractivity contribution in [3.05, 3.63) is 29.6 Å². The second-order valence-electron chi connectivity index (χ2n) is 5.58. The fourth-order valence-electron chi connectivity index (χ4n) is 1.39.